The minimum absolute atomic E-state index is 0.0638. The van der Waals surface area contributed by atoms with Gasteiger partial charge >= 0.3 is 0 Å². The Morgan fingerprint density at radius 1 is 1.27 bits per heavy atom. The summed E-state index contributed by atoms with van der Waals surface area (Å²) in [4.78, 5) is 25.8. The quantitative estimate of drug-likeness (QED) is 0.743. The predicted molar refractivity (Wildman–Crippen MR) is 102 cm³/mol. The number of para-hydroxylation sites is 1. The van der Waals surface area contributed by atoms with Gasteiger partial charge in [0.05, 0.1) is 22.5 Å². The average Bonchev–Trinajstić information content (AvgIpc) is 2.60. The first-order chi connectivity index (χ1) is 12.5. The van der Waals surface area contributed by atoms with Crippen molar-refractivity contribution in [1.29, 1.82) is 0 Å². The zero-order chi connectivity index (χ0) is 18.4. The molecular weight excluding hydrogens is 352 g/mol. The molecule has 1 aliphatic rings. The van der Waals surface area contributed by atoms with Crippen LogP contribution in [0.15, 0.2) is 47.4 Å². The summed E-state index contributed by atoms with van der Waals surface area (Å²) in [5, 5.41) is 3.44. The highest BCUT2D eigenvalue weighted by Crippen LogP contribution is 2.33. The van der Waals surface area contributed by atoms with Crippen molar-refractivity contribution in [2.24, 2.45) is 0 Å². The van der Waals surface area contributed by atoms with E-state index in [1.165, 1.54) is 0 Å². The maximum atomic E-state index is 13.0. The van der Waals surface area contributed by atoms with E-state index in [-0.39, 0.29) is 11.7 Å². The smallest absolute Gasteiger partial charge is 0.261 e. The van der Waals surface area contributed by atoms with E-state index in [1.54, 1.807) is 24.4 Å². The zero-order valence-corrected chi connectivity index (χ0v) is 15.1. The van der Waals surface area contributed by atoms with Crippen LogP contribution >= 0.6 is 11.6 Å². The predicted octanol–water partition coefficient (Wildman–Crippen LogP) is 4.00. The molecule has 132 valence electrons. The lowest BCUT2D eigenvalue weighted by Gasteiger charge is -2.26. The molecule has 0 aliphatic carbocycles. The number of pyridine rings is 1. The lowest BCUT2D eigenvalue weighted by molar-refractivity contribution is 0.102. The molecule has 0 saturated heterocycles. The molecule has 0 spiro atoms. The topological polar surface area (TPSA) is 60.3 Å². The largest absolute Gasteiger partial charge is 0.487 e. The van der Waals surface area contributed by atoms with E-state index in [2.05, 4.69) is 5.32 Å². The van der Waals surface area contributed by atoms with Gasteiger partial charge in [0, 0.05) is 11.9 Å². The number of ether oxygens (including phenoxy) is 1. The van der Waals surface area contributed by atoms with Crippen molar-refractivity contribution < 1.29 is 9.53 Å². The molecule has 26 heavy (non-hydrogen) atoms. The number of anilines is 1. The molecule has 1 N–H and O–H groups in total. The molecule has 3 aromatic rings. The highest BCUT2D eigenvalue weighted by atomic mass is 35.5. The maximum absolute atomic E-state index is 13.0. The molecule has 1 aliphatic heterocycles. The lowest BCUT2D eigenvalue weighted by atomic mass is 10.1. The summed E-state index contributed by atoms with van der Waals surface area (Å²) in [6.07, 6.45) is 1.53. The molecule has 0 bridgehead atoms. The van der Waals surface area contributed by atoms with Crippen molar-refractivity contribution in [3.63, 3.8) is 0 Å². The van der Waals surface area contributed by atoms with Crippen molar-refractivity contribution in [3.05, 3.63) is 69.0 Å². The van der Waals surface area contributed by atoms with Crippen LogP contribution in [0.2, 0.25) is 5.02 Å². The van der Waals surface area contributed by atoms with Crippen LogP contribution in [0.3, 0.4) is 0 Å². The van der Waals surface area contributed by atoms with Gasteiger partial charge in [-0.25, -0.2) is 0 Å². The Hall–Kier alpha value is -2.79. The third kappa shape index (κ3) is 2.65. The summed E-state index contributed by atoms with van der Waals surface area (Å²) < 4.78 is 7.68. The number of hydrogen-bond acceptors (Lipinski definition) is 3. The summed E-state index contributed by atoms with van der Waals surface area (Å²) in [6, 6.07) is 10.8. The minimum atomic E-state index is -0.449. The van der Waals surface area contributed by atoms with E-state index in [1.807, 2.05) is 36.6 Å². The average molecular weight is 369 g/mol. The number of benzene rings is 2. The molecule has 0 saturated carbocycles. The van der Waals surface area contributed by atoms with Gasteiger partial charge in [-0.15, -0.1) is 0 Å². The second-order valence-corrected chi connectivity index (χ2v) is 6.90. The van der Waals surface area contributed by atoms with E-state index in [4.69, 9.17) is 16.3 Å². The van der Waals surface area contributed by atoms with E-state index in [9.17, 15) is 9.59 Å². The number of hydrogen-bond donors (Lipinski definition) is 1. The third-order valence-electron chi connectivity index (χ3n) is 4.55. The van der Waals surface area contributed by atoms with Crippen molar-refractivity contribution in [2.45, 2.75) is 26.5 Å². The first-order valence-corrected chi connectivity index (χ1v) is 8.73. The van der Waals surface area contributed by atoms with Gasteiger partial charge in [-0.1, -0.05) is 29.8 Å². The molecule has 0 radical (unpaired) electrons. The van der Waals surface area contributed by atoms with Gasteiger partial charge in [0.1, 0.15) is 17.4 Å². The SMILES string of the molecule is Cc1ccccc1NC(=O)c1cn2c3c(ccc(Cl)c3c1=O)O[C@@H](C)C2. The molecule has 0 fully saturated rings. The van der Waals surface area contributed by atoms with Crippen molar-refractivity contribution >= 4 is 34.1 Å². The maximum Gasteiger partial charge on any atom is 0.261 e. The fraction of sp³-hybridized carbons (Fsp3) is 0.200. The summed E-state index contributed by atoms with van der Waals surface area (Å²) in [7, 11) is 0. The highest BCUT2D eigenvalue weighted by molar-refractivity contribution is 6.35. The Bertz CT molecular complexity index is 1100. The Labute approximate surface area is 155 Å². The van der Waals surface area contributed by atoms with Crippen molar-refractivity contribution in [1.82, 2.24) is 4.57 Å². The summed E-state index contributed by atoms with van der Waals surface area (Å²) in [5.74, 6) is 0.154. The number of aromatic nitrogens is 1. The molecule has 2 aromatic carbocycles. The normalized spacial score (nSPS) is 15.6. The van der Waals surface area contributed by atoms with Gasteiger partial charge in [-0.05, 0) is 37.6 Å². The van der Waals surface area contributed by atoms with E-state index >= 15 is 0 Å². The van der Waals surface area contributed by atoms with E-state index in [0.29, 0.717) is 33.9 Å². The Morgan fingerprint density at radius 3 is 2.81 bits per heavy atom. The second-order valence-electron chi connectivity index (χ2n) is 6.49. The Morgan fingerprint density at radius 2 is 2.04 bits per heavy atom. The first-order valence-electron chi connectivity index (χ1n) is 8.35. The monoisotopic (exact) mass is 368 g/mol. The van der Waals surface area contributed by atoms with Crippen LogP contribution in [0.5, 0.6) is 5.75 Å². The summed E-state index contributed by atoms with van der Waals surface area (Å²) in [6.45, 7) is 4.37. The molecular formula is C20H17ClN2O3. The molecule has 1 amide bonds. The van der Waals surface area contributed by atoms with Gasteiger partial charge in [-0.2, -0.15) is 0 Å². The summed E-state index contributed by atoms with van der Waals surface area (Å²) >= 11 is 6.29. The van der Waals surface area contributed by atoms with Crippen LogP contribution < -0.4 is 15.5 Å². The lowest BCUT2D eigenvalue weighted by Crippen LogP contribution is -2.30. The fourth-order valence-corrected chi connectivity index (χ4v) is 3.54. The molecule has 5 nitrogen and oxygen atoms in total. The number of carbonyl (C=O) groups excluding carboxylic acids is 1. The number of nitrogens with one attached hydrogen (secondary N) is 1. The standard InChI is InChI=1S/C20H17ClN2O3/c1-11-5-3-4-6-15(11)22-20(25)13-10-23-9-12(2)26-16-8-7-14(21)17(18(16)23)19(13)24/h3-8,10,12H,9H2,1-2H3,(H,22,25)/t12-/m0/s1. The van der Waals surface area contributed by atoms with Gasteiger partial charge in [0.25, 0.3) is 5.91 Å². The van der Waals surface area contributed by atoms with Crippen LogP contribution in [-0.2, 0) is 6.54 Å². The van der Waals surface area contributed by atoms with Crippen molar-refractivity contribution in [2.75, 3.05) is 5.32 Å². The zero-order valence-electron chi connectivity index (χ0n) is 14.4. The van der Waals surface area contributed by atoms with E-state index in [0.717, 1.165) is 5.56 Å². The fourth-order valence-electron chi connectivity index (χ4n) is 3.30. The van der Waals surface area contributed by atoms with Crippen LogP contribution in [0.1, 0.15) is 22.8 Å². The number of aryl methyl sites for hydroxylation is 1. The van der Waals surface area contributed by atoms with Crippen LogP contribution in [0, 0.1) is 6.92 Å². The molecule has 1 atom stereocenters. The number of rotatable bonds is 2. The van der Waals surface area contributed by atoms with Gasteiger partial charge in [0.15, 0.2) is 0 Å². The first kappa shape index (κ1) is 16.7. The summed E-state index contributed by atoms with van der Waals surface area (Å²) in [5.41, 5.74) is 1.90. The van der Waals surface area contributed by atoms with Crippen LogP contribution in [0.25, 0.3) is 10.9 Å². The van der Waals surface area contributed by atoms with Gasteiger partial charge in [0.2, 0.25) is 5.43 Å². The Kier molecular flexibility index (Phi) is 3.96. The third-order valence-corrected chi connectivity index (χ3v) is 4.87. The number of nitrogens with zero attached hydrogens (tertiary/aromatic N) is 1. The van der Waals surface area contributed by atoms with Crippen LogP contribution in [0.4, 0.5) is 5.69 Å². The number of carbonyl (C=O) groups is 1. The molecule has 6 heteroatoms. The van der Waals surface area contributed by atoms with Gasteiger partial charge < -0.3 is 14.6 Å². The second kappa shape index (κ2) is 6.18. The molecule has 0 unspecified atom stereocenters. The Balaban J connectivity index is 1.88. The van der Waals surface area contributed by atoms with Gasteiger partial charge in [-0.3, -0.25) is 9.59 Å². The molecule has 1 aromatic heterocycles. The minimum Gasteiger partial charge on any atom is -0.487 e. The number of halogens is 1. The van der Waals surface area contributed by atoms with Crippen LogP contribution in [-0.4, -0.2) is 16.6 Å². The molecule has 4 rings (SSSR count). The molecule has 2 heterocycles. The van der Waals surface area contributed by atoms with E-state index < -0.39 is 11.3 Å². The number of amides is 1. The van der Waals surface area contributed by atoms with Crippen molar-refractivity contribution in [3.8, 4) is 5.75 Å². The highest BCUT2D eigenvalue weighted by Gasteiger charge is 2.24.